The molecule has 0 aromatic heterocycles. The normalized spacial score (nSPS) is 42.1. The van der Waals surface area contributed by atoms with E-state index in [0.717, 1.165) is 19.3 Å². The van der Waals surface area contributed by atoms with Crippen LogP contribution in [0, 0.1) is 0 Å². The van der Waals surface area contributed by atoms with E-state index in [2.05, 4.69) is 0 Å². The molecule has 1 saturated heterocycles. The Morgan fingerprint density at radius 3 is 2.71 bits per heavy atom. The summed E-state index contributed by atoms with van der Waals surface area (Å²) in [6, 6.07) is 0. The van der Waals surface area contributed by atoms with Crippen molar-refractivity contribution >= 4 is 0 Å². The van der Waals surface area contributed by atoms with Crippen molar-refractivity contribution in [2.75, 3.05) is 6.61 Å². The number of fused-ring (bicyclic) bond motifs is 1. The Morgan fingerprint density at radius 1 is 1.29 bits per heavy atom. The van der Waals surface area contributed by atoms with Gasteiger partial charge in [-0.15, -0.1) is 0 Å². The van der Waals surface area contributed by atoms with Crippen LogP contribution >= 0.6 is 0 Å². The molecule has 80 valence electrons. The molecule has 0 aromatic carbocycles. The zero-order chi connectivity index (χ0) is 9.97. The largest absolute Gasteiger partial charge is 0.513 e. The molecule has 2 rings (SSSR count). The molecule has 4 heteroatoms. The molecule has 0 bridgehead atoms. The minimum Gasteiger partial charge on any atom is -0.513 e. The molecule has 0 radical (unpaired) electrons. The molecule has 2 N–H and O–H groups in total. The number of aliphatic hydroxyl groups excluding tert-OH is 2. The summed E-state index contributed by atoms with van der Waals surface area (Å²) in [7, 11) is 0. The molecule has 1 unspecified atom stereocenters. The van der Waals surface area contributed by atoms with Crippen LogP contribution in [0.25, 0.3) is 0 Å². The van der Waals surface area contributed by atoms with Gasteiger partial charge in [-0.2, -0.15) is 0 Å². The number of ether oxygens (including phenoxy) is 2. The standard InChI is InChI=1S/C10H16O4/c11-6-10-13-8-3-1-2-7(12)4-5-9(8)14-10/h2,8-12H,1,3-6H2/b7-2-/t8-,9+,10?/m0/s1. The van der Waals surface area contributed by atoms with Crippen LogP contribution in [0.1, 0.15) is 25.7 Å². The van der Waals surface area contributed by atoms with Crippen molar-refractivity contribution in [3.63, 3.8) is 0 Å². The Kier molecular flexibility index (Phi) is 3.05. The third-order valence-electron chi connectivity index (χ3n) is 2.73. The fourth-order valence-corrected chi connectivity index (χ4v) is 2.00. The minimum atomic E-state index is -0.467. The van der Waals surface area contributed by atoms with E-state index in [1.165, 1.54) is 0 Å². The minimum absolute atomic E-state index is 0.0306. The number of allylic oxidation sites excluding steroid dienone is 2. The molecule has 0 spiro atoms. The summed E-state index contributed by atoms with van der Waals surface area (Å²) in [5, 5.41) is 18.3. The molecule has 3 atom stereocenters. The Hall–Kier alpha value is -0.580. The van der Waals surface area contributed by atoms with Crippen molar-refractivity contribution in [3.8, 4) is 0 Å². The highest BCUT2D eigenvalue weighted by atomic mass is 16.7. The lowest BCUT2D eigenvalue weighted by Gasteiger charge is -2.18. The summed E-state index contributed by atoms with van der Waals surface area (Å²) >= 11 is 0. The molecule has 0 saturated carbocycles. The second kappa shape index (κ2) is 4.29. The summed E-state index contributed by atoms with van der Waals surface area (Å²) in [4.78, 5) is 0. The number of hydrogen-bond donors (Lipinski definition) is 2. The fourth-order valence-electron chi connectivity index (χ4n) is 2.00. The Balaban J connectivity index is 1.96. The zero-order valence-corrected chi connectivity index (χ0v) is 8.06. The molecular weight excluding hydrogens is 184 g/mol. The first kappa shape index (κ1) is 9.96. The molecule has 1 heterocycles. The van der Waals surface area contributed by atoms with Crippen molar-refractivity contribution in [1.29, 1.82) is 0 Å². The van der Waals surface area contributed by atoms with Gasteiger partial charge in [-0.3, -0.25) is 0 Å². The van der Waals surface area contributed by atoms with Crippen LogP contribution in [-0.2, 0) is 9.47 Å². The van der Waals surface area contributed by atoms with E-state index in [1.807, 2.05) is 6.08 Å². The van der Waals surface area contributed by atoms with Gasteiger partial charge in [0.25, 0.3) is 0 Å². The predicted octanol–water partition coefficient (Wildman–Crippen LogP) is 1.10. The van der Waals surface area contributed by atoms with Gasteiger partial charge in [0.2, 0.25) is 0 Å². The topological polar surface area (TPSA) is 58.9 Å². The van der Waals surface area contributed by atoms with Gasteiger partial charge < -0.3 is 19.7 Å². The van der Waals surface area contributed by atoms with Gasteiger partial charge in [0.1, 0.15) is 0 Å². The van der Waals surface area contributed by atoms with Crippen LogP contribution < -0.4 is 0 Å². The predicted molar refractivity (Wildman–Crippen MR) is 49.8 cm³/mol. The second-order valence-electron chi connectivity index (χ2n) is 3.77. The maximum Gasteiger partial charge on any atom is 0.181 e. The Bertz CT molecular complexity index is 226. The molecule has 1 fully saturated rings. The summed E-state index contributed by atoms with van der Waals surface area (Å²) in [6.07, 6.45) is 4.56. The van der Waals surface area contributed by atoms with Gasteiger partial charge in [0.05, 0.1) is 24.6 Å². The van der Waals surface area contributed by atoms with Gasteiger partial charge in [-0.1, -0.05) is 0 Å². The third kappa shape index (κ3) is 2.08. The average Bonchev–Trinajstić information content (AvgIpc) is 2.54. The van der Waals surface area contributed by atoms with Crippen LogP contribution in [0.4, 0.5) is 0 Å². The highest BCUT2D eigenvalue weighted by Gasteiger charge is 2.35. The van der Waals surface area contributed by atoms with Crippen LogP contribution in [-0.4, -0.2) is 35.3 Å². The number of rotatable bonds is 1. The molecule has 14 heavy (non-hydrogen) atoms. The quantitative estimate of drug-likeness (QED) is 0.665. The van der Waals surface area contributed by atoms with Gasteiger partial charge in [-0.25, -0.2) is 0 Å². The number of hydrogen-bond acceptors (Lipinski definition) is 4. The second-order valence-corrected chi connectivity index (χ2v) is 3.77. The van der Waals surface area contributed by atoms with Crippen LogP contribution in [0.15, 0.2) is 11.8 Å². The smallest absolute Gasteiger partial charge is 0.181 e. The molecule has 4 nitrogen and oxygen atoms in total. The molecule has 1 aliphatic heterocycles. The maximum absolute atomic E-state index is 9.37. The Labute approximate surface area is 83.1 Å². The first-order valence-electron chi connectivity index (χ1n) is 5.09. The Morgan fingerprint density at radius 2 is 2.00 bits per heavy atom. The van der Waals surface area contributed by atoms with E-state index < -0.39 is 6.29 Å². The summed E-state index contributed by atoms with van der Waals surface area (Å²) < 4.78 is 11.0. The van der Waals surface area contributed by atoms with E-state index in [9.17, 15) is 5.11 Å². The first-order chi connectivity index (χ1) is 6.79. The van der Waals surface area contributed by atoms with Gasteiger partial charge >= 0.3 is 0 Å². The van der Waals surface area contributed by atoms with Crippen molar-refractivity contribution < 1.29 is 19.7 Å². The van der Waals surface area contributed by atoms with Gasteiger partial charge in [0, 0.05) is 6.42 Å². The fraction of sp³-hybridized carbons (Fsp3) is 0.800. The summed E-state index contributed by atoms with van der Waals surface area (Å²) in [5.74, 6) is 0.444. The highest BCUT2D eigenvalue weighted by Crippen LogP contribution is 2.28. The number of aliphatic hydroxyl groups is 2. The van der Waals surface area contributed by atoms with E-state index in [-0.39, 0.29) is 18.8 Å². The van der Waals surface area contributed by atoms with E-state index in [1.54, 1.807) is 0 Å². The van der Waals surface area contributed by atoms with Gasteiger partial charge in [-0.05, 0) is 25.3 Å². The van der Waals surface area contributed by atoms with Crippen molar-refractivity contribution in [2.24, 2.45) is 0 Å². The molecule has 2 aliphatic rings. The SMILES string of the molecule is OCC1O[C@H]2CC/C=C(\O)CC[C@H]2O1. The van der Waals surface area contributed by atoms with Gasteiger partial charge in [0.15, 0.2) is 6.29 Å². The van der Waals surface area contributed by atoms with Crippen molar-refractivity contribution in [3.05, 3.63) is 11.8 Å². The van der Waals surface area contributed by atoms with Crippen LogP contribution in [0.5, 0.6) is 0 Å². The van der Waals surface area contributed by atoms with Crippen LogP contribution in [0.2, 0.25) is 0 Å². The third-order valence-corrected chi connectivity index (χ3v) is 2.73. The summed E-state index contributed by atoms with van der Waals surface area (Å²) in [6.45, 7) is -0.0909. The first-order valence-corrected chi connectivity index (χ1v) is 5.09. The van der Waals surface area contributed by atoms with Crippen LogP contribution in [0.3, 0.4) is 0 Å². The molecule has 1 aliphatic carbocycles. The molecule has 0 aromatic rings. The monoisotopic (exact) mass is 200 g/mol. The van der Waals surface area contributed by atoms with Crippen molar-refractivity contribution in [2.45, 2.75) is 44.2 Å². The molecule has 0 amide bonds. The summed E-state index contributed by atoms with van der Waals surface area (Å²) in [5.41, 5.74) is 0. The lowest BCUT2D eigenvalue weighted by molar-refractivity contribution is -0.0959. The van der Waals surface area contributed by atoms with E-state index in [4.69, 9.17) is 14.6 Å². The zero-order valence-electron chi connectivity index (χ0n) is 8.06. The maximum atomic E-state index is 9.37. The average molecular weight is 200 g/mol. The highest BCUT2D eigenvalue weighted by molar-refractivity contribution is 4.96. The lowest BCUT2D eigenvalue weighted by Crippen LogP contribution is -2.23. The van der Waals surface area contributed by atoms with Crippen molar-refractivity contribution in [1.82, 2.24) is 0 Å². The molecular formula is C10H16O4. The van der Waals surface area contributed by atoms with E-state index in [0.29, 0.717) is 12.2 Å². The lowest BCUT2D eigenvalue weighted by atomic mass is 10.00. The van der Waals surface area contributed by atoms with E-state index >= 15 is 0 Å².